The van der Waals surface area contributed by atoms with Gasteiger partial charge in [-0.2, -0.15) is 0 Å². The molecule has 0 aromatic heterocycles. The van der Waals surface area contributed by atoms with Crippen LogP contribution >= 0.6 is 0 Å². The Hall–Kier alpha value is -0.460. The van der Waals surface area contributed by atoms with Crippen LogP contribution in [0.25, 0.3) is 5.57 Å². The van der Waals surface area contributed by atoms with Gasteiger partial charge < -0.3 is 0 Å². The summed E-state index contributed by atoms with van der Waals surface area (Å²) >= 11 is -2.91. The molecule has 2 aliphatic carbocycles. The Balaban J connectivity index is 2.12. The first-order valence-electron chi connectivity index (χ1n) is 7.50. The van der Waals surface area contributed by atoms with E-state index < -0.39 is 17.4 Å². The Kier molecular flexibility index (Phi) is 3.27. The topological polar surface area (TPSA) is 0 Å². The van der Waals surface area contributed by atoms with Gasteiger partial charge >= 0.3 is 125 Å². The first-order valence-corrected chi connectivity index (χ1v) is 21.0. The summed E-state index contributed by atoms with van der Waals surface area (Å²) in [5.41, 5.74) is 6.07. The van der Waals surface area contributed by atoms with Crippen LogP contribution in [0.1, 0.15) is 35.0 Å². The molecule has 1 aromatic rings. The standard InChI is InChI=1S/C10H9.C6H7.2CH3.H2Si.Zr/c1-8-6-7-9-4-2-3-5-10(8)9;1-6-4-2-3-5-6;;;;/h2-7H,1H3;2,4H,5H2,1H3;2*1H3;1H2;. The summed E-state index contributed by atoms with van der Waals surface area (Å²) in [5.74, 6) is 0. The molecular formula is C18H24SiZr. The van der Waals surface area contributed by atoms with Crippen LogP contribution in [-0.2, 0) is 17.4 Å². The SMILES string of the molecule is CC1=CC=[C]([Zr]([CH3])([CH3])(=[SiH2])[CH]2C=C(C)c3ccccc32)C1. The fourth-order valence-electron chi connectivity index (χ4n) is 3.75. The fraction of sp³-hybridized carbons (Fsp3) is 0.333. The quantitative estimate of drug-likeness (QED) is 0.671. The van der Waals surface area contributed by atoms with Crippen LogP contribution in [0.15, 0.2) is 51.3 Å². The molecule has 0 fully saturated rings. The third kappa shape index (κ3) is 2.12. The number of hydrogen-bond acceptors (Lipinski definition) is 0. The number of allylic oxidation sites excluding steroid dienone is 6. The van der Waals surface area contributed by atoms with Crippen molar-refractivity contribution in [1.29, 1.82) is 0 Å². The van der Waals surface area contributed by atoms with Gasteiger partial charge in [0.05, 0.1) is 0 Å². The molecule has 104 valence electrons. The Labute approximate surface area is 125 Å². The second-order valence-electron chi connectivity index (χ2n) is 7.61. The third-order valence-corrected chi connectivity index (χ3v) is 22.6. The first kappa shape index (κ1) is 14.5. The van der Waals surface area contributed by atoms with Gasteiger partial charge in [0.15, 0.2) is 0 Å². The first-order chi connectivity index (χ1) is 9.28. The molecule has 0 heterocycles. The molecule has 3 rings (SSSR count). The maximum absolute atomic E-state index is 2.91. The van der Waals surface area contributed by atoms with Crippen molar-refractivity contribution in [3.63, 3.8) is 0 Å². The van der Waals surface area contributed by atoms with Crippen LogP contribution in [0, 0.1) is 0 Å². The van der Waals surface area contributed by atoms with Crippen LogP contribution in [0.4, 0.5) is 0 Å². The van der Waals surface area contributed by atoms with Gasteiger partial charge in [-0.05, 0) is 0 Å². The molecule has 0 aliphatic heterocycles. The molecule has 1 aromatic carbocycles. The Morgan fingerprint density at radius 3 is 2.45 bits per heavy atom. The van der Waals surface area contributed by atoms with E-state index in [1.807, 2.05) is 0 Å². The van der Waals surface area contributed by atoms with E-state index in [-0.39, 0.29) is 0 Å². The van der Waals surface area contributed by atoms with E-state index in [2.05, 4.69) is 72.5 Å². The predicted octanol–water partition coefficient (Wildman–Crippen LogP) is 4.71. The number of rotatable bonds is 2. The molecule has 20 heavy (non-hydrogen) atoms. The number of fused-ring (bicyclic) bond motifs is 1. The Morgan fingerprint density at radius 1 is 1.10 bits per heavy atom. The molecule has 0 saturated carbocycles. The molecule has 2 heteroatoms. The van der Waals surface area contributed by atoms with Gasteiger partial charge in [-0.25, -0.2) is 0 Å². The summed E-state index contributed by atoms with van der Waals surface area (Å²) in [6.45, 7) is 6.91. The molecule has 0 N–H and O–H groups in total. The van der Waals surface area contributed by atoms with E-state index in [4.69, 9.17) is 0 Å². The fourth-order valence-corrected chi connectivity index (χ4v) is 16.8. The summed E-state index contributed by atoms with van der Waals surface area (Å²) in [6, 6.07) is 9.03. The molecule has 0 radical (unpaired) electrons. The predicted molar refractivity (Wildman–Crippen MR) is 89.6 cm³/mol. The van der Waals surface area contributed by atoms with Gasteiger partial charge in [-0.3, -0.25) is 0 Å². The van der Waals surface area contributed by atoms with Crippen LogP contribution in [0.2, 0.25) is 9.26 Å². The molecule has 0 amide bonds. The third-order valence-electron chi connectivity index (χ3n) is 5.23. The summed E-state index contributed by atoms with van der Waals surface area (Å²) in [7, 11) is 0. The zero-order valence-electron chi connectivity index (χ0n) is 13.0. The maximum atomic E-state index is 2.63. The zero-order valence-corrected chi connectivity index (χ0v) is 16.9. The minimum atomic E-state index is -2.91. The molecule has 0 nitrogen and oxygen atoms in total. The Bertz CT molecular complexity index is 740. The summed E-state index contributed by atoms with van der Waals surface area (Å²) in [5, 5.41) is 0. The van der Waals surface area contributed by atoms with Crippen molar-refractivity contribution in [3.8, 4) is 0 Å². The zero-order chi connectivity index (χ0) is 14.6. The average Bonchev–Trinajstić information content (AvgIpc) is 2.95. The molecule has 0 bridgehead atoms. The van der Waals surface area contributed by atoms with Gasteiger partial charge in [0.1, 0.15) is 0 Å². The van der Waals surface area contributed by atoms with E-state index in [1.165, 1.54) is 23.1 Å². The number of hydrogen-bond donors (Lipinski definition) is 0. The molecule has 2 aliphatic rings. The minimum absolute atomic E-state index is 0.677. The van der Waals surface area contributed by atoms with Gasteiger partial charge in [-0.15, -0.1) is 0 Å². The van der Waals surface area contributed by atoms with Crippen LogP contribution in [0.5, 0.6) is 0 Å². The van der Waals surface area contributed by atoms with E-state index in [1.54, 1.807) is 8.84 Å². The summed E-state index contributed by atoms with van der Waals surface area (Å²) < 4.78 is 7.72. The van der Waals surface area contributed by atoms with Crippen LogP contribution in [0.3, 0.4) is 0 Å². The van der Waals surface area contributed by atoms with Crippen molar-refractivity contribution in [2.24, 2.45) is 0 Å². The van der Waals surface area contributed by atoms with Gasteiger partial charge in [0.2, 0.25) is 0 Å². The van der Waals surface area contributed by atoms with Crippen LogP contribution in [-0.4, -0.2) is 6.88 Å². The summed E-state index contributed by atoms with van der Waals surface area (Å²) in [4.78, 5) is 0. The van der Waals surface area contributed by atoms with E-state index in [9.17, 15) is 0 Å². The van der Waals surface area contributed by atoms with Crippen molar-refractivity contribution >= 4 is 12.5 Å². The molecule has 1 unspecified atom stereocenters. The normalized spacial score (nSPS) is 22.2. The van der Waals surface area contributed by atoms with Crippen molar-refractivity contribution < 1.29 is 17.4 Å². The van der Waals surface area contributed by atoms with Gasteiger partial charge in [-0.1, -0.05) is 0 Å². The molecule has 0 saturated heterocycles. The van der Waals surface area contributed by atoms with Crippen LogP contribution < -0.4 is 0 Å². The van der Waals surface area contributed by atoms with E-state index >= 15 is 0 Å². The molecule has 0 spiro atoms. The summed E-state index contributed by atoms with van der Waals surface area (Å²) in [6.07, 6.45) is 8.56. The van der Waals surface area contributed by atoms with Crippen molar-refractivity contribution in [2.75, 3.05) is 0 Å². The second-order valence-corrected chi connectivity index (χ2v) is 37.4. The molecule has 1 atom stereocenters. The van der Waals surface area contributed by atoms with Crippen molar-refractivity contribution in [1.82, 2.24) is 0 Å². The van der Waals surface area contributed by atoms with Crippen molar-refractivity contribution in [3.05, 3.63) is 62.5 Å². The van der Waals surface area contributed by atoms with E-state index in [0.717, 1.165) is 0 Å². The molecular weight excluding hydrogens is 336 g/mol. The van der Waals surface area contributed by atoms with Crippen molar-refractivity contribution in [2.45, 2.75) is 33.2 Å². The number of benzene rings is 1. The van der Waals surface area contributed by atoms with Gasteiger partial charge in [0, 0.05) is 0 Å². The monoisotopic (exact) mass is 358 g/mol. The van der Waals surface area contributed by atoms with E-state index in [0.29, 0.717) is 3.63 Å². The second kappa shape index (κ2) is 4.52. The average molecular weight is 360 g/mol. The van der Waals surface area contributed by atoms with Gasteiger partial charge in [0.25, 0.3) is 0 Å². The Morgan fingerprint density at radius 2 is 1.80 bits per heavy atom.